The number of H-pyrrole nitrogens is 1. The Labute approximate surface area is 148 Å². The molecule has 6 heteroatoms. The molecule has 1 N–H and O–H groups in total. The van der Waals surface area contributed by atoms with Gasteiger partial charge in [-0.05, 0) is 47.1 Å². The molecule has 0 saturated carbocycles. The van der Waals surface area contributed by atoms with Crippen LogP contribution in [0.2, 0.25) is 0 Å². The molecular formula is C17H18INO4. The Balaban J connectivity index is 2.10. The molecule has 2 rings (SSSR count). The molecule has 0 unspecified atom stereocenters. The molecule has 0 radical (unpaired) electrons. The van der Waals surface area contributed by atoms with Crippen molar-refractivity contribution in [2.75, 3.05) is 7.11 Å². The topological polar surface area (TPSA) is 68.4 Å². The van der Waals surface area contributed by atoms with Gasteiger partial charge in [0.25, 0.3) is 0 Å². The number of rotatable bonds is 6. The maximum Gasteiger partial charge on any atom is 0.355 e. The van der Waals surface area contributed by atoms with Gasteiger partial charge in [-0.3, -0.25) is 4.79 Å². The molecule has 0 spiro atoms. The third kappa shape index (κ3) is 4.57. The highest BCUT2D eigenvalue weighted by atomic mass is 127. The largest absolute Gasteiger partial charge is 0.469 e. The standard InChI is InChI=1S/C17H18INO4/c1-11-15(18)13(8-9-14(20)22-2)16(19-11)17(21)23-10-12-6-4-3-5-7-12/h3-7,19H,8-10H2,1-2H3. The smallest absolute Gasteiger partial charge is 0.355 e. The van der Waals surface area contributed by atoms with Crippen LogP contribution >= 0.6 is 22.6 Å². The molecule has 1 aromatic carbocycles. The van der Waals surface area contributed by atoms with Crippen molar-refractivity contribution in [1.82, 2.24) is 4.98 Å². The zero-order chi connectivity index (χ0) is 16.8. The lowest BCUT2D eigenvalue weighted by molar-refractivity contribution is -0.140. The van der Waals surface area contributed by atoms with E-state index < -0.39 is 5.97 Å². The van der Waals surface area contributed by atoms with Gasteiger partial charge in [0.05, 0.1) is 7.11 Å². The van der Waals surface area contributed by atoms with E-state index in [4.69, 9.17) is 4.74 Å². The van der Waals surface area contributed by atoms with Gasteiger partial charge in [-0.15, -0.1) is 0 Å². The lowest BCUT2D eigenvalue weighted by Gasteiger charge is -2.06. The summed E-state index contributed by atoms with van der Waals surface area (Å²) in [6.07, 6.45) is 0.661. The van der Waals surface area contributed by atoms with Crippen LogP contribution in [0, 0.1) is 10.5 Å². The van der Waals surface area contributed by atoms with Crippen molar-refractivity contribution in [2.24, 2.45) is 0 Å². The van der Waals surface area contributed by atoms with Gasteiger partial charge in [0.1, 0.15) is 12.3 Å². The Hall–Kier alpha value is -1.83. The molecule has 1 aromatic heterocycles. The van der Waals surface area contributed by atoms with E-state index in [2.05, 4.69) is 32.3 Å². The van der Waals surface area contributed by atoms with Crippen LogP contribution in [0.4, 0.5) is 0 Å². The molecule has 5 nitrogen and oxygen atoms in total. The van der Waals surface area contributed by atoms with Crippen LogP contribution in [0.5, 0.6) is 0 Å². The van der Waals surface area contributed by atoms with E-state index in [1.165, 1.54) is 7.11 Å². The number of hydrogen-bond donors (Lipinski definition) is 1. The number of carbonyl (C=O) groups is 2. The second-order valence-corrected chi connectivity index (χ2v) is 6.13. The summed E-state index contributed by atoms with van der Waals surface area (Å²) in [5.74, 6) is -0.719. The number of esters is 2. The molecule has 0 amide bonds. The summed E-state index contributed by atoms with van der Waals surface area (Å²) >= 11 is 2.17. The van der Waals surface area contributed by atoms with Gasteiger partial charge in [-0.1, -0.05) is 30.3 Å². The normalized spacial score (nSPS) is 10.4. The van der Waals surface area contributed by atoms with Crippen LogP contribution in [0.15, 0.2) is 30.3 Å². The van der Waals surface area contributed by atoms with E-state index in [1.54, 1.807) is 0 Å². The van der Waals surface area contributed by atoms with Crippen molar-refractivity contribution in [2.45, 2.75) is 26.4 Å². The summed E-state index contributed by atoms with van der Waals surface area (Å²) in [6, 6.07) is 9.50. The van der Waals surface area contributed by atoms with E-state index in [1.807, 2.05) is 37.3 Å². The Bertz CT molecular complexity index is 694. The molecule has 23 heavy (non-hydrogen) atoms. The maximum atomic E-state index is 12.3. The quantitative estimate of drug-likeness (QED) is 0.567. The lowest BCUT2D eigenvalue weighted by Crippen LogP contribution is -2.10. The molecule has 0 saturated heterocycles. The molecule has 0 fully saturated rings. The number of halogens is 1. The molecule has 0 aliphatic heterocycles. The number of aryl methyl sites for hydroxylation is 1. The summed E-state index contributed by atoms with van der Waals surface area (Å²) in [6.45, 7) is 2.10. The summed E-state index contributed by atoms with van der Waals surface area (Å²) in [5, 5.41) is 0. The molecular weight excluding hydrogens is 409 g/mol. The minimum Gasteiger partial charge on any atom is -0.469 e. The molecule has 122 valence electrons. The van der Waals surface area contributed by atoms with Gasteiger partial charge < -0.3 is 14.5 Å². The Morgan fingerprint density at radius 1 is 1.22 bits per heavy atom. The Morgan fingerprint density at radius 2 is 1.91 bits per heavy atom. The summed E-state index contributed by atoms with van der Waals surface area (Å²) in [7, 11) is 1.35. The monoisotopic (exact) mass is 427 g/mol. The number of hydrogen-bond acceptors (Lipinski definition) is 4. The number of methoxy groups -OCH3 is 1. The third-order valence-corrected chi connectivity index (χ3v) is 4.89. The van der Waals surface area contributed by atoms with E-state index in [0.29, 0.717) is 12.1 Å². The van der Waals surface area contributed by atoms with Crippen LogP contribution in [0.3, 0.4) is 0 Å². The van der Waals surface area contributed by atoms with E-state index in [9.17, 15) is 9.59 Å². The number of aromatic nitrogens is 1. The molecule has 0 aliphatic carbocycles. The molecule has 0 atom stereocenters. The fourth-order valence-corrected chi connectivity index (χ4v) is 2.86. The predicted molar refractivity (Wildman–Crippen MR) is 94.1 cm³/mol. The van der Waals surface area contributed by atoms with Crippen LogP contribution in [-0.2, 0) is 27.3 Å². The van der Waals surface area contributed by atoms with E-state index >= 15 is 0 Å². The number of nitrogens with one attached hydrogen (secondary N) is 1. The van der Waals surface area contributed by atoms with Crippen molar-refractivity contribution >= 4 is 34.5 Å². The first-order chi connectivity index (χ1) is 11.0. The van der Waals surface area contributed by atoms with Gasteiger partial charge in [0.2, 0.25) is 0 Å². The molecule has 0 aliphatic rings. The molecule has 1 heterocycles. The van der Waals surface area contributed by atoms with Crippen LogP contribution in [0.25, 0.3) is 0 Å². The predicted octanol–water partition coefficient (Wildman–Crippen LogP) is 3.39. The lowest BCUT2D eigenvalue weighted by atomic mass is 10.1. The first kappa shape index (κ1) is 17.5. The first-order valence-electron chi connectivity index (χ1n) is 7.17. The minimum absolute atomic E-state index is 0.213. The van der Waals surface area contributed by atoms with Crippen LogP contribution < -0.4 is 0 Å². The highest BCUT2D eigenvalue weighted by Gasteiger charge is 2.21. The third-order valence-electron chi connectivity index (χ3n) is 3.43. The number of benzene rings is 1. The number of ether oxygens (including phenoxy) is 2. The summed E-state index contributed by atoms with van der Waals surface area (Å²) in [5.41, 5.74) is 3.02. The van der Waals surface area contributed by atoms with Gasteiger partial charge >= 0.3 is 11.9 Å². The van der Waals surface area contributed by atoms with Crippen LogP contribution in [-0.4, -0.2) is 24.0 Å². The van der Waals surface area contributed by atoms with E-state index in [0.717, 1.165) is 20.4 Å². The summed E-state index contributed by atoms with van der Waals surface area (Å²) < 4.78 is 11.0. The average Bonchev–Trinajstić information content (AvgIpc) is 2.86. The van der Waals surface area contributed by atoms with Gasteiger partial charge in [0, 0.05) is 15.7 Å². The van der Waals surface area contributed by atoms with Gasteiger partial charge in [0.15, 0.2) is 0 Å². The van der Waals surface area contributed by atoms with Crippen molar-refractivity contribution in [3.63, 3.8) is 0 Å². The van der Waals surface area contributed by atoms with Gasteiger partial charge in [-0.2, -0.15) is 0 Å². The zero-order valence-corrected chi connectivity index (χ0v) is 15.2. The Kier molecular flexibility index (Phi) is 6.20. The highest BCUT2D eigenvalue weighted by Crippen LogP contribution is 2.23. The molecule has 0 bridgehead atoms. The first-order valence-corrected chi connectivity index (χ1v) is 8.25. The number of aromatic amines is 1. The van der Waals surface area contributed by atoms with Crippen molar-refractivity contribution in [3.05, 3.63) is 56.4 Å². The van der Waals surface area contributed by atoms with Crippen LogP contribution in [0.1, 0.15) is 33.7 Å². The van der Waals surface area contributed by atoms with Crippen molar-refractivity contribution < 1.29 is 19.1 Å². The average molecular weight is 427 g/mol. The summed E-state index contributed by atoms with van der Waals surface area (Å²) in [4.78, 5) is 26.7. The minimum atomic E-state index is -0.417. The second-order valence-electron chi connectivity index (χ2n) is 5.06. The zero-order valence-electron chi connectivity index (χ0n) is 13.0. The SMILES string of the molecule is COC(=O)CCc1c(C(=O)OCc2ccccc2)[nH]c(C)c1I. The highest BCUT2D eigenvalue weighted by molar-refractivity contribution is 14.1. The Morgan fingerprint density at radius 3 is 2.57 bits per heavy atom. The van der Waals surface area contributed by atoms with E-state index in [-0.39, 0.29) is 19.0 Å². The molecule has 2 aromatic rings. The van der Waals surface area contributed by atoms with Crippen molar-refractivity contribution in [3.8, 4) is 0 Å². The van der Waals surface area contributed by atoms with Crippen molar-refractivity contribution in [1.29, 1.82) is 0 Å². The fourth-order valence-electron chi connectivity index (χ4n) is 2.19. The fraction of sp³-hybridized carbons (Fsp3) is 0.294. The number of carbonyl (C=O) groups excluding carboxylic acids is 2. The maximum absolute atomic E-state index is 12.3. The second kappa shape index (κ2) is 8.14. The van der Waals surface area contributed by atoms with Gasteiger partial charge in [-0.25, -0.2) is 4.79 Å².